The maximum Gasteiger partial charge on any atom is 0.140 e. The average molecular weight is 257 g/mol. The summed E-state index contributed by atoms with van der Waals surface area (Å²) in [5.41, 5.74) is 1.01. The molecule has 0 spiro atoms. The summed E-state index contributed by atoms with van der Waals surface area (Å²) in [6.45, 7) is 0.449. The third-order valence-electron chi connectivity index (χ3n) is 2.54. The van der Waals surface area contributed by atoms with Crippen molar-refractivity contribution in [1.82, 2.24) is 4.98 Å². The number of benzene rings is 2. The van der Waals surface area contributed by atoms with Crippen LogP contribution in [0.15, 0.2) is 48.5 Å². The minimum Gasteiger partial charge on any atom is -0.508 e. The van der Waals surface area contributed by atoms with Crippen LogP contribution in [0.3, 0.4) is 0 Å². The average Bonchev–Trinajstić information content (AvgIpc) is 2.81. The van der Waals surface area contributed by atoms with Gasteiger partial charge in [-0.05, 0) is 36.4 Å². The Morgan fingerprint density at radius 3 is 2.61 bits per heavy atom. The van der Waals surface area contributed by atoms with Gasteiger partial charge in [-0.2, -0.15) is 0 Å². The Balaban J connectivity index is 1.74. The summed E-state index contributed by atoms with van der Waals surface area (Å²) in [5, 5.41) is 10.1. The Morgan fingerprint density at radius 2 is 1.83 bits per heavy atom. The number of phenolic OH excluding ortho intramolecular Hbond substituents is 1. The Bertz CT molecular complexity index is 628. The first kappa shape index (κ1) is 11.0. The van der Waals surface area contributed by atoms with Gasteiger partial charge >= 0.3 is 0 Å². The van der Waals surface area contributed by atoms with Gasteiger partial charge in [0.05, 0.1) is 10.2 Å². The summed E-state index contributed by atoms with van der Waals surface area (Å²) in [4.78, 5) is 4.49. The van der Waals surface area contributed by atoms with E-state index in [9.17, 15) is 5.11 Å². The van der Waals surface area contributed by atoms with E-state index in [0.717, 1.165) is 16.3 Å². The van der Waals surface area contributed by atoms with Crippen molar-refractivity contribution >= 4 is 21.6 Å². The van der Waals surface area contributed by atoms with Gasteiger partial charge in [0, 0.05) is 0 Å². The van der Waals surface area contributed by atoms with Gasteiger partial charge in [0.2, 0.25) is 0 Å². The normalized spacial score (nSPS) is 10.7. The fourth-order valence-electron chi connectivity index (χ4n) is 1.67. The number of rotatable bonds is 3. The second kappa shape index (κ2) is 4.66. The summed E-state index contributed by atoms with van der Waals surface area (Å²) in [6, 6.07) is 14.7. The van der Waals surface area contributed by atoms with Crippen molar-refractivity contribution < 1.29 is 9.84 Å². The highest BCUT2D eigenvalue weighted by Crippen LogP contribution is 2.23. The van der Waals surface area contributed by atoms with Crippen LogP contribution < -0.4 is 4.74 Å². The molecule has 1 aromatic heterocycles. The van der Waals surface area contributed by atoms with E-state index in [0.29, 0.717) is 6.61 Å². The maximum atomic E-state index is 9.17. The van der Waals surface area contributed by atoms with Crippen LogP contribution in [0.5, 0.6) is 11.5 Å². The minimum absolute atomic E-state index is 0.238. The minimum atomic E-state index is 0.238. The van der Waals surface area contributed by atoms with Crippen LogP contribution >= 0.6 is 11.3 Å². The topological polar surface area (TPSA) is 42.4 Å². The number of aromatic nitrogens is 1. The Morgan fingerprint density at radius 1 is 1.06 bits per heavy atom. The van der Waals surface area contributed by atoms with Crippen LogP contribution in [0.1, 0.15) is 5.01 Å². The Hall–Kier alpha value is -2.07. The zero-order valence-corrected chi connectivity index (χ0v) is 10.4. The number of phenols is 1. The second-order valence-electron chi connectivity index (χ2n) is 3.86. The highest BCUT2D eigenvalue weighted by molar-refractivity contribution is 7.18. The molecule has 18 heavy (non-hydrogen) atoms. The number of nitrogens with zero attached hydrogens (tertiary/aromatic N) is 1. The maximum absolute atomic E-state index is 9.17. The quantitative estimate of drug-likeness (QED) is 0.779. The van der Waals surface area contributed by atoms with E-state index in [-0.39, 0.29) is 5.75 Å². The van der Waals surface area contributed by atoms with Gasteiger partial charge in [-0.25, -0.2) is 4.98 Å². The third kappa shape index (κ3) is 2.28. The molecule has 0 aliphatic carbocycles. The van der Waals surface area contributed by atoms with Crippen molar-refractivity contribution in [2.75, 3.05) is 0 Å². The summed E-state index contributed by atoms with van der Waals surface area (Å²) in [6.07, 6.45) is 0. The summed E-state index contributed by atoms with van der Waals surface area (Å²) in [7, 11) is 0. The number of thiazole rings is 1. The van der Waals surface area contributed by atoms with Crippen molar-refractivity contribution in [3.05, 3.63) is 53.5 Å². The van der Waals surface area contributed by atoms with Crippen molar-refractivity contribution in [3.63, 3.8) is 0 Å². The predicted molar refractivity (Wildman–Crippen MR) is 72.1 cm³/mol. The zero-order chi connectivity index (χ0) is 12.4. The molecule has 0 aliphatic rings. The molecule has 3 rings (SSSR count). The number of fused-ring (bicyclic) bond motifs is 1. The van der Waals surface area contributed by atoms with E-state index in [4.69, 9.17) is 4.74 Å². The largest absolute Gasteiger partial charge is 0.508 e. The number of para-hydroxylation sites is 1. The van der Waals surface area contributed by atoms with Gasteiger partial charge in [-0.3, -0.25) is 0 Å². The SMILES string of the molecule is Oc1ccc(OCc2nc3ccccc3s2)cc1. The second-order valence-corrected chi connectivity index (χ2v) is 4.97. The standard InChI is InChI=1S/C14H11NO2S/c16-10-5-7-11(8-6-10)17-9-14-15-12-3-1-2-4-13(12)18-14/h1-8,16H,9H2. The molecule has 0 aliphatic heterocycles. The molecule has 0 radical (unpaired) electrons. The molecular formula is C14H11NO2S. The molecule has 90 valence electrons. The lowest BCUT2D eigenvalue weighted by Gasteiger charge is -2.03. The molecule has 1 N–H and O–H groups in total. The first-order chi connectivity index (χ1) is 8.81. The van der Waals surface area contributed by atoms with Gasteiger partial charge < -0.3 is 9.84 Å². The molecular weight excluding hydrogens is 246 g/mol. The third-order valence-corrected chi connectivity index (χ3v) is 3.55. The highest BCUT2D eigenvalue weighted by atomic mass is 32.1. The number of hydrogen-bond acceptors (Lipinski definition) is 4. The smallest absolute Gasteiger partial charge is 0.140 e. The zero-order valence-electron chi connectivity index (χ0n) is 9.54. The van der Waals surface area contributed by atoms with Gasteiger partial charge in [0.15, 0.2) is 0 Å². The molecule has 3 aromatic rings. The summed E-state index contributed by atoms with van der Waals surface area (Å²) in [5.74, 6) is 0.967. The van der Waals surface area contributed by atoms with Gasteiger partial charge in [-0.1, -0.05) is 12.1 Å². The first-order valence-corrected chi connectivity index (χ1v) is 6.39. The van der Waals surface area contributed by atoms with Crippen molar-refractivity contribution in [2.24, 2.45) is 0 Å². The van der Waals surface area contributed by atoms with Crippen molar-refractivity contribution in [1.29, 1.82) is 0 Å². The number of aromatic hydroxyl groups is 1. The van der Waals surface area contributed by atoms with E-state index in [1.165, 1.54) is 4.70 Å². The van der Waals surface area contributed by atoms with Crippen LogP contribution in [-0.2, 0) is 6.61 Å². The van der Waals surface area contributed by atoms with Gasteiger partial charge in [0.1, 0.15) is 23.1 Å². The molecule has 1 heterocycles. The van der Waals surface area contributed by atoms with E-state index in [1.807, 2.05) is 18.2 Å². The Labute approximate surface area is 108 Å². The van der Waals surface area contributed by atoms with E-state index < -0.39 is 0 Å². The lowest BCUT2D eigenvalue weighted by Crippen LogP contribution is -1.93. The predicted octanol–water partition coefficient (Wildman–Crippen LogP) is 3.58. The molecule has 0 amide bonds. The molecule has 0 saturated heterocycles. The lowest BCUT2D eigenvalue weighted by molar-refractivity contribution is 0.305. The molecule has 0 atom stereocenters. The van der Waals surface area contributed by atoms with Crippen LogP contribution in [-0.4, -0.2) is 10.1 Å². The van der Waals surface area contributed by atoms with E-state index in [2.05, 4.69) is 11.1 Å². The molecule has 0 unspecified atom stereocenters. The molecule has 3 nitrogen and oxygen atoms in total. The molecule has 0 bridgehead atoms. The molecule has 2 aromatic carbocycles. The first-order valence-electron chi connectivity index (χ1n) is 5.57. The highest BCUT2D eigenvalue weighted by Gasteiger charge is 2.03. The van der Waals surface area contributed by atoms with Crippen LogP contribution in [0.2, 0.25) is 0 Å². The fraction of sp³-hybridized carbons (Fsp3) is 0.0714. The number of hydrogen-bond donors (Lipinski definition) is 1. The molecule has 4 heteroatoms. The van der Waals surface area contributed by atoms with Crippen LogP contribution in [0.25, 0.3) is 10.2 Å². The lowest BCUT2D eigenvalue weighted by atomic mass is 10.3. The van der Waals surface area contributed by atoms with Crippen LogP contribution in [0, 0.1) is 0 Å². The fourth-order valence-corrected chi connectivity index (χ4v) is 2.55. The Kier molecular flexibility index (Phi) is 2.86. The summed E-state index contributed by atoms with van der Waals surface area (Å²) >= 11 is 1.63. The van der Waals surface area contributed by atoms with Crippen molar-refractivity contribution in [2.45, 2.75) is 6.61 Å². The van der Waals surface area contributed by atoms with Crippen molar-refractivity contribution in [3.8, 4) is 11.5 Å². The van der Waals surface area contributed by atoms with Gasteiger partial charge in [-0.15, -0.1) is 11.3 Å². The molecule has 0 fully saturated rings. The number of ether oxygens (including phenoxy) is 1. The van der Waals surface area contributed by atoms with E-state index >= 15 is 0 Å². The van der Waals surface area contributed by atoms with Gasteiger partial charge in [0.25, 0.3) is 0 Å². The molecule has 0 saturated carbocycles. The summed E-state index contributed by atoms with van der Waals surface area (Å²) < 4.78 is 6.78. The monoisotopic (exact) mass is 257 g/mol. The van der Waals surface area contributed by atoms with E-state index in [1.54, 1.807) is 35.6 Å². The van der Waals surface area contributed by atoms with Crippen LogP contribution in [0.4, 0.5) is 0 Å².